The molecule has 23 heteroatoms. The predicted octanol–water partition coefficient (Wildman–Crippen LogP) is 10.2. The van der Waals surface area contributed by atoms with Gasteiger partial charge in [-0.3, -0.25) is 32.9 Å². The summed E-state index contributed by atoms with van der Waals surface area (Å²) in [4.78, 5) is 62.2. The zero-order valence-electron chi connectivity index (χ0n) is 46.2. The maximum absolute atomic E-state index is 11.0. The van der Waals surface area contributed by atoms with Crippen LogP contribution in [0.5, 0.6) is 0 Å². The molecule has 19 nitrogen and oxygen atoms in total. The van der Waals surface area contributed by atoms with Gasteiger partial charge in [0.05, 0.1) is 69.8 Å². The number of benzene rings is 6. The molecule has 3 aromatic heterocycles. The van der Waals surface area contributed by atoms with Gasteiger partial charge in [0.25, 0.3) is 0 Å². The number of aromatic amines is 3. The summed E-state index contributed by atoms with van der Waals surface area (Å²) >= 11 is 0. The van der Waals surface area contributed by atoms with Crippen molar-refractivity contribution >= 4 is 91.6 Å². The molecular weight excluding hydrogens is 1360 g/mol. The van der Waals surface area contributed by atoms with Crippen molar-refractivity contribution in [3.05, 3.63) is 161 Å². The summed E-state index contributed by atoms with van der Waals surface area (Å²) in [6, 6.07) is 41.2. The van der Waals surface area contributed by atoms with E-state index in [2.05, 4.69) is 107 Å². The predicted molar refractivity (Wildman–Crippen MR) is 319 cm³/mol. The van der Waals surface area contributed by atoms with Crippen molar-refractivity contribution in [2.45, 2.75) is 71.5 Å². The number of hydrogen-bond donors (Lipinski definition) is 8. The van der Waals surface area contributed by atoms with Gasteiger partial charge < -0.3 is 75.9 Å². The minimum Gasteiger partial charge on any atom is -0.478 e. The van der Waals surface area contributed by atoms with Crippen LogP contribution in [0, 0.1) is 24.3 Å². The molecule has 0 bridgehead atoms. The van der Waals surface area contributed by atoms with Crippen LogP contribution in [-0.4, -0.2) is 122 Å². The minimum atomic E-state index is -0.911. The van der Waals surface area contributed by atoms with Crippen LogP contribution < -0.4 is 22.9 Å². The van der Waals surface area contributed by atoms with Gasteiger partial charge in [-0.25, -0.2) is 48.0 Å². The van der Waals surface area contributed by atoms with Crippen LogP contribution in [-0.2, 0) is 136 Å². The standard InChI is InChI=1S/C32H30N8.C13H15N3O2.C8H10N2O2.C6H6N2.2CH4.4Y/c1-39-15-3-5-29(39)31-35-25-13-7-21(17-27(25)37-31)19-33-23-9-11-24(12-10-23)34-20-22-8-14-26-28(18-22)38-32(36-26)30-6-4-16-40(30)2;1-16-6-2-3-11(16)12-14-9-5-4-8(13(17)18)7-10(9)15-12;1-12-8(11)5-2-3-6(9)7(10)4-5;7-5-2-1-3-6(8)4-5;;;;;;/h7-9,12-14,17-18,29-30H,3-6,15-16H2,1-2H3,(H,35,37)(H,36,38);4-5,7,11H,2-3,6H2,1H3,(H,14,15)(H,17,18);2-4H,9-10H2,1H3;1,4H,7-8H2;2*1H4;;;;/q-4;;;-2;;;;;;/t29-,30-;11-;;;;;;;;/m00......../s1. The number of esters is 1. The molecule has 12 rings (SSSR count). The molecule has 3 saturated heterocycles. The first-order valence-electron chi connectivity index (χ1n) is 25.6. The second-order valence-corrected chi connectivity index (χ2v) is 19.4. The zero-order valence-corrected chi connectivity index (χ0v) is 57.6. The van der Waals surface area contributed by atoms with E-state index in [-0.39, 0.29) is 151 Å². The SMILES string of the molecule is C.C.CN1CCC[C@H]1c1nc2ccc(C(=O)O)cc2[nH]1.CN1CCC[C@H]1c1nc2ccc([C-]=Nc3[c-]cc(N=[C-]c4ccc5nc([C@@H]6CCCN6C)[nH]c5c4)[c-]c3)cc2[nH]1.COC(=O)c1ccc(N)c(N)c1.Nc1[c-]c[c-]c(N)c1.[Y].[Y].[Y].[Y]. The summed E-state index contributed by atoms with van der Waals surface area (Å²) in [7, 11) is 7.72. The van der Waals surface area contributed by atoms with Crippen molar-refractivity contribution in [2.24, 2.45) is 9.98 Å². The van der Waals surface area contributed by atoms with E-state index in [1.807, 2.05) is 36.4 Å². The molecule has 4 radical (unpaired) electrons. The number of likely N-dealkylation sites (tertiary alicyclic amines) is 3. The average Bonchev–Trinajstić information content (AvgIpc) is 4.52. The first kappa shape index (κ1) is 73.8. The van der Waals surface area contributed by atoms with Crippen LogP contribution in [0.2, 0.25) is 0 Å². The van der Waals surface area contributed by atoms with Gasteiger partial charge in [-0.1, -0.05) is 27.0 Å². The normalized spacial score (nSPS) is 16.5. The maximum Gasteiger partial charge on any atom is 0.337 e. The summed E-state index contributed by atoms with van der Waals surface area (Å²) in [6.07, 6.45) is 13.2. The summed E-state index contributed by atoms with van der Waals surface area (Å²) in [5.41, 5.74) is 32.8. The van der Waals surface area contributed by atoms with Gasteiger partial charge in [-0.2, -0.15) is 11.4 Å². The molecule has 3 aliphatic heterocycles. The van der Waals surface area contributed by atoms with Crippen molar-refractivity contribution in [1.82, 2.24) is 44.6 Å². The Balaban J connectivity index is 0.000000348. The number of H-pyrrole nitrogens is 3. The molecule has 6 heterocycles. The van der Waals surface area contributed by atoms with Gasteiger partial charge in [0.2, 0.25) is 0 Å². The molecule has 3 aliphatic rings. The quantitative estimate of drug-likeness (QED) is 0.0289. The van der Waals surface area contributed by atoms with Crippen LogP contribution in [0.25, 0.3) is 33.1 Å². The molecule has 0 spiro atoms. The number of imidazole rings is 3. The van der Waals surface area contributed by atoms with Crippen molar-refractivity contribution in [3.63, 3.8) is 0 Å². The molecule has 0 saturated carbocycles. The van der Waals surface area contributed by atoms with Crippen LogP contribution in [0.1, 0.15) is 121 Å². The molecule has 0 unspecified atom stereocenters. The fourth-order valence-electron chi connectivity index (χ4n) is 9.62. The number of ether oxygens (including phenoxy) is 1. The Bertz CT molecular complexity index is 3480. The Morgan fingerprint density at radius 3 is 1.32 bits per heavy atom. The van der Waals surface area contributed by atoms with Crippen molar-refractivity contribution in [1.29, 1.82) is 0 Å². The molecule has 9 aromatic rings. The number of hydrogen-bond acceptors (Lipinski definition) is 15. The summed E-state index contributed by atoms with van der Waals surface area (Å²) in [5.74, 6) is 1.68. The molecule has 430 valence electrons. The number of carbonyl (C=O) groups excluding carboxylic acids is 1. The number of nitrogens with zero attached hydrogens (tertiary/aromatic N) is 8. The first-order chi connectivity index (χ1) is 37.7. The number of nitrogens with two attached hydrogens (primary N) is 4. The number of methoxy groups -OCH3 is 1. The number of anilines is 4. The summed E-state index contributed by atoms with van der Waals surface area (Å²) < 4.78 is 4.50. The molecule has 84 heavy (non-hydrogen) atoms. The number of fused-ring (bicyclic) bond motifs is 3. The second-order valence-electron chi connectivity index (χ2n) is 19.4. The van der Waals surface area contributed by atoms with Gasteiger partial charge >= 0.3 is 11.9 Å². The number of carboxylic acid groups (broad SMARTS) is 1. The minimum absolute atomic E-state index is 0. The van der Waals surface area contributed by atoms with Gasteiger partial charge in [-0.05, 0) is 128 Å². The number of aromatic carboxylic acids is 1. The van der Waals surface area contributed by atoms with Gasteiger partial charge in [0.1, 0.15) is 17.5 Å². The smallest absolute Gasteiger partial charge is 0.337 e. The first-order valence-corrected chi connectivity index (χ1v) is 25.6. The molecule has 3 fully saturated rings. The topological polar surface area (TPSA) is 288 Å². The van der Waals surface area contributed by atoms with E-state index in [9.17, 15) is 9.59 Å². The monoisotopic (exact) mass is 1430 g/mol. The van der Waals surface area contributed by atoms with E-state index >= 15 is 0 Å². The Morgan fingerprint density at radius 2 is 0.976 bits per heavy atom. The Kier molecular flexibility index (Phi) is 30.5. The van der Waals surface area contributed by atoms with E-state index in [0.717, 1.165) is 101 Å². The van der Waals surface area contributed by atoms with Crippen LogP contribution in [0.3, 0.4) is 0 Å². The molecule has 0 amide bonds. The van der Waals surface area contributed by atoms with Crippen LogP contribution >= 0.6 is 0 Å². The third-order valence-electron chi connectivity index (χ3n) is 13.9. The molecule has 3 atom stereocenters. The number of aliphatic imine (C=N–C) groups is 2. The number of nitrogens with one attached hydrogen (secondary N) is 3. The fourth-order valence-corrected chi connectivity index (χ4v) is 9.62. The van der Waals surface area contributed by atoms with Crippen LogP contribution in [0.4, 0.5) is 34.1 Å². The Labute approximate surface area is 592 Å². The van der Waals surface area contributed by atoms with Gasteiger partial charge in [-0.15, -0.1) is 35.4 Å². The number of carbonyl (C=O) groups is 2. The van der Waals surface area contributed by atoms with Gasteiger partial charge in [0, 0.05) is 142 Å². The maximum atomic E-state index is 11.0. The largest absolute Gasteiger partial charge is 0.478 e. The van der Waals surface area contributed by atoms with Crippen molar-refractivity contribution in [2.75, 3.05) is 70.8 Å². The van der Waals surface area contributed by atoms with Crippen LogP contribution in [0.15, 0.2) is 107 Å². The number of carboxylic acids is 1. The fraction of sp³-hybridized carbons (Fsp3) is 0.295. The van der Waals surface area contributed by atoms with E-state index in [1.54, 1.807) is 54.6 Å². The third-order valence-corrected chi connectivity index (χ3v) is 13.9. The third kappa shape index (κ3) is 19.3. The van der Waals surface area contributed by atoms with E-state index in [4.69, 9.17) is 38.0 Å². The summed E-state index contributed by atoms with van der Waals surface area (Å²) in [5, 5.41) is 8.96. The molecule has 12 N–H and O–H groups in total. The second kappa shape index (κ2) is 34.7. The van der Waals surface area contributed by atoms with Crippen molar-refractivity contribution < 1.29 is 150 Å². The molecule has 6 aromatic carbocycles. The Hall–Kier alpha value is -4.49. The summed E-state index contributed by atoms with van der Waals surface area (Å²) in [6.45, 7) is 3.31. The number of aromatic nitrogens is 6. The zero-order chi connectivity index (χ0) is 54.9. The molecule has 0 aliphatic carbocycles. The van der Waals surface area contributed by atoms with Gasteiger partial charge in [0.15, 0.2) is 0 Å². The Morgan fingerprint density at radius 1 is 0.571 bits per heavy atom. The van der Waals surface area contributed by atoms with E-state index in [1.165, 1.54) is 32.4 Å². The number of nitrogen functional groups attached to an aromatic ring is 4. The number of rotatable bonds is 9. The average molecular weight is 1430 g/mol. The van der Waals surface area contributed by atoms with Crippen molar-refractivity contribution in [3.8, 4) is 0 Å². The molecular formula is C61H69N15O4Y4-6. The van der Waals surface area contributed by atoms with E-state index in [0.29, 0.717) is 57.8 Å². The van der Waals surface area contributed by atoms with E-state index < -0.39 is 11.9 Å².